The second-order valence-electron chi connectivity index (χ2n) is 4.61. The fraction of sp³-hybridized carbons (Fsp3) is 0.833. The third kappa shape index (κ3) is 4.45. The average Bonchev–Trinajstić information content (AvgIpc) is 2.16. The molecule has 15 heavy (non-hydrogen) atoms. The molecule has 0 aromatic rings. The molecule has 1 rings (SSSR count). The third-order valence-corrected chi connectivity index (χ3v) is 3.02. The molecule has 1 fully saturated rings. The van der Waals surface area contributed by atoms with Crippen LogP contribution in [0.5, 0.6) is 0 Å². The molecule has 0 aromatic heterocycles. The predicted octanol–water partition coefficient (Wildman–Crippen LogP) is 2.33. The molecule has 3 nitrogen and oxygen atoms in total. The lowest BCUT2D eigenvalue weighted by Crippen LogP contribution is -2.19. The maximum absolute atomic E-state index is 11.6. The molecule has 86 valence electrons. The van der Waals surface area contributed by atoms with E-state index in [2.05, 4.69) is 13.8 Å². The van der Waals surface area contributed by atoms with Crippen molar-refractivity contribution in [2.75, 3.05) is 6.61 Å². The Hall–Kier alpha value is -0.860. The van der Waals surface area contributed by atoms with Gasteiger partial charge in [0.05, 0.1) is 6.61 Å². The average molecular weight is 212 g/mol. The van der Waals surface area contributed by atoms with Crippen LogP contribution < -0.4 is 0 Å². The smallest absolute Gasteiger partial charge is 0.305 e. The normalized spacial score (nSPS) is 25.1. The van der Waals surface area contributed by atoms with E-state index in [1.54, 1.807) is 0 Å². The molecule has 0 unspecified atom stereocenters. The number of cyclic esters (lactones) is 1. The standard InChI is InChI=1S/C12H20O3/c1-9(2)10-6-7-15-12(14)5-3-4-11(13)8-10/h9-10H,3-8H2,1-2H3/t10-/m1/s1. The summed E-state index contributed by atoms with van der Waals surface area (Å²) in [5.41, 5.74) is 0. The minimum atomic E-state index is -0.160. The van der Waals surface area contributed by atoms with Gasteiger partial charge < -0.3 is 4.74 Å². The molecule has 0 spiro atoms. The van der Waals surface area contributed by atoms with Crippen LogP contribution in [0.15, 0.2) is 0 Å². The van der Waals surface area contributed by atoms with Gasteiger partial charge in [-0.2, -0.15) is 0 Å². The van der Waals surface area contributed by atoms with Crippen LogP contribution in [0.1, 0.15) is 46.0 Å². The molecule has 3 heteroatoms. The van der Waals surface area contributed by atoms with E-state index in [0.717, 1.165) is 6.42 Å². The Kier molecular flexibility index (Phi) is 4.79. The molecule has 1 atom stereocenters. The maximum atomic E-state index is 11.6. The number of esters is 1. The number of hydrogen-bond acceptors (Lipinski definition) is 3. The first-order valence-electron chi connectivity index (χ1n) is 5.77. The second-order valence-corrected chi connectivity index (χ2v) is 4.61. The summed E-state index contributed by atoms with van der Waals surface area (Å²) in [6.45, 7) is 4.70. The lowest BCUT2D eigenvalue weighted by Gasteiger charge is -2.21. The van der Waals surface area contributed by atoms with Crippen molar-refractivity contribution in [1.82, 2.24) is 0 Å². The molecule has 1 aliphatic heterocycles. The second kappa shape index (κ2) is 5.89. The minimum absolute atomic E-state index is 0.160. The molecule has 0 N–H and O–H groups in total. The van der Waals surface area contributed by atoms with Gasteiger partial charge in [0.2, 0.25) is 0 Å². The van der Waals surface area contributed by atoms with Crippen LogP contribution in [0.3, 0.4) is 0 Å². The monoisotopic (exact) mass is 212 g/mol. The zero-order valence-electron chi connectivity index (χ0n) is 9.62. The van der Waals surface area contributed by atoms with Crippen molar-refractivity contribution in [3.8, 4) is 0 Å². The Labute approximate surface area is 91.2 Å². The number of rotatable bonds is 1. The summed E-state index contributed by atoms with van der Waals surface area (Å²) in [4.78, 5) is 22.7. The van der Waals surface area contributed by atoms with E-state index in [4.69, 9.17) is 4.74 Å². The summed E-state index contributed by atoms with van der Waals surface area (Å²) >= 11 is 0. The maximum Gasteiger partial charge on any atom is 0.305 e. The molecule has 0 aromatic carbocycles. The highest BCUT2D eigenvalue weighted by molar-refractivity contribution is 5.79. The van der Waals surface area contributed by atoms with Crippen molar-refractivity contribution in [1.29, 1.82) is 0 Å². The van der Waals surface area contributed by atoms with Crippen molar-refractivity contribution in [3.05, 3.63) is 0 Å². The van der Waals surface area contributed by atoms with Gasteiger partial charge in [-0.1, -0.05) is 13.8 Å². The summed E-state index contributed by atoms with van der Waals surface area (Å²) in [7, 11) is 0. The first-order valence-corrected chi connectivity index (χ1v) is 5.77. The molecule has 0 aliphatic carbocycles. The molecule has 0 saturated carbocycles. The van der Waals surface area contributed by atoms with Crippen molar-refractivity contribution in [2.45, 2.75) is 46.0 Å². The summed E-state index contributed by atoms with van der Waals surface area (Å²) < 4.78 is 5.08. The van der Waals surface area contributed by atoms with Crippen molar-refractivity contribution in [2.24, 2.45) is 11.8 Å². The molecule has 0 bridgehead atoms. The zero-order chi connectivity index (χ0) is 11.3. The van der Waals surface area contributed by atoms with Crippen LogP contribution in [0.2, 0.25) is 0 Å². The molecule has 0 radical (unpaired) electrons. The highest BCUT2D eigenvalue weighted by atomic mass is 16.5. The number of carbonyl (C=O) groups excluding carboxylic acids is 2. The number of Topliss-reactive ketones (excluding diaryl/α,β-unsaturated/α-hetero) is 1. The fourth-order valence-corrected chi connectivity index (χ4v) is 1.89. The van der Waals surface area contributed by atoms with Crippen LogP contribution in [-0.2, 0) is 14.3 Å². The molecule has 1 heterocycles. The number of ether oxygens (including phenoxy) is 1. The largest absolute Gasteiger partial charge is 0.466 e. The fourth-order valence-electron chi connectivity index (χ4n) is 1.89. The topological polar surface area (TPSA) is 43.4 Å². The van der Waals surface area contributed by atoms with Crippen LogP contribution in [0.4, 0.5) is 0 Å². The van der Waals surface area contributed by atoms with Crippen LogP contribution in [0, 0.1) is 11.8 Å². The van der Waals surface area contributed by atoms with E-state index >= 15 is 0 Å². The van der Waals surface area contributed by atoms with Gasteiger partial charge in [-0.3, -0.25) is 9.59 Å². The number of hydrogen-bond donors (Lipinski definition) is 0. The number of ketones is 1. The van der Waals surface area contributed by atoms with Crippen molar-refractivity contribution >= 4 is 11.8 Å². The van der Waals surface area contributed by atoms with Gasteiger partial charge in [0.25, 0.3) is 0 Å². The lowest BCUT2D eigenvalue weighted by molar-refractivity contribution is -0.144. The molecule has 0 amide bonds. The Bertz CT molecular complexity index is 233. The van der Waals surface area contributed by atoms with Crippen molar-refractivity contribution in [3.63, 3.8) is 0 Å². The Balaban J connectivity index is 2.53. The van der Waals surface area contributed by atoms with E-state index in [-0.39, 0.29) is 5.97 Å². The first-order chi connectivity index (χ1) is 7.09. The van der Waals surface area contributed by atoms with Crippen LogP contribution in [-0.4, -0.2) is 18.4 Å². The van der Waals surface area contributed by atoms with E-state index < -0.39 is 0 Å². The lowest BCUT2D eigenvalue weighted by atomic mass is 9.87. The third-order valence-electron chi connectivity index (χ3n) is 3.02. The van der Waals surface area contributed by atoms with E-state index in [1.807, 2.05) is 0 Å². The molecule has 1 saturated heterocycles. The van der Waals surface area contributed by atoms with E-state index in [0.29, 0.717) is 49.9 Å². The molecule has 1 aliphatic rings. The quantitative estimate of drug-likeness (QED) is 0.626. The van der Waals surface area contributed by atoms with Crippen LogP contribution in [0.25, 0.3) is 0 Å². The predicted molar refractivity (Wildman–Crippen MR) is 57.4 cm³/mol. The summed E-state index contributed by atoms with van der Waals surface area (Å²) in [6.07, 6.45) is 3.02. The van der Waals surface area contributed by atoms with Gasteiger partial charge in [0.15, 0.2) is 0 Å². The summed E-state index contributed by atoms with van der Waals surface area (Å²) in [5.74, 6) is 0.978. The Morgan fingerprint density at radius 3 is 2.67 bits per heavy atom. The number of carbonyl (C=O) groups is 2. The van der Waals surface area contributed by atoms with E-state index in [9.17, 15) is 9.59 Å². The highest BCUT2D eigenvalue weighted by Crippen LogP contribution is 2.22. The van der Waals surface area contributed by atoms with E-state index in [1.165, 1.54) is 0 Å². The Morgan fingerprint density at radius 2 is 2.00 bits per heavy atom. The van der Waals surface area contributed by atoms with Gasteiger partial charge in [0.1, 0.15) is 5.78 Å². The first kappa shape index (κ1) is 12.2. The zero-order valence-corrected chi connectivity index (χ0v) is 9.62. The highest BCUT2D eigenvalue weighted by Gasteiger charge is 2.19. The summed E-state index contributed by atoms with van der Waals surface area (Å²) in [6, 6.07) is 0. The van der Waals surface area contributed by atoms with Gasteiger partial charge in [-0.15, -0.1) is 0 Å². The minimum Gasteiger partial charge on any atom is -0.466 e. The SMILES string of the molecule is CC(C)[C@@H]1CCOC(=O)CCCC(=O)C1. The van der Waals surface area contributed by atoms with Gasteiger partial charge in [0, 0.05) is 19.3 Å². The molecular formula is C12H20O3. The summed E-state index contributed by atoms with van der Waals surface area (Å²) in [5, 5.41) is 0. The van der Waals surface area contributed by atoms with Gasteiger partial charge >= 0.3 is 5.97 Å². The van der Waals surface area contributed by atoms with Gasteiger partial charge in [-0.05, 0) is 24.7 Å². The van der Waals surface area contributed by atoms with Gasteiger partial charge in [-0.25, -0.2) is 0 Å². The Morgan fingerprint density at radius 1 is 1.27 bits per heavy atom. The van der Waals surface area contributed by atoms with Crippen LogP contribution >= 0.6 is 0 Å². The van der Waals surface area contributed by atoms with Crippen molar-refractivity contribution < 1.29 is 14.3 Å². The molecular weight excluding hydrogens is 192 g/mol.